The monoisotopic (exact) mass is 301 g/mol. The Morgan fingerprint density at radius 1 is 0.696 bits per heavy atom. The van der Waals surface area contributed by atoms with Gasteiger partial charge in [-0.05, 0) is 50.2 Å². The zero-order valence-corrected chi connectivity index (χ0v) is 13.4. The maximum atomic E-state index is 12.5. The topological polar surface area (TPSA) is 22.0 Å². The molecular formula is C21H19NO. The van der Waals surface area contributed by atoms with Gasteiger partial charge in [0.2, 0.25) is 0 Å². The Hall–Kier alpha value is -2.87. The lowest BCUT2D eigenvalue weighted by Gasteiger charge is -2.13. The van der Waals surface area contributed by atoms with E-state index < -0.39 is 0 Å². The average Bonchev–Trinajstić information content (AvgIpc) is 2.56. The summed E-state index contributed by atoms with van der Waals surface area (Å²) in [5, 5.41) is 0.701. The third-order valence-electron chi connectivity index (χ3n) is 3.86. The molecule has 0 fully saturated rings. The highest BCUT2D eigenvalue weighted by Crippen LogP contribution is 2.17. The van der Waals surface area contributed by atoms with Crippen molar-refractivity contribution in [2.75, 3.05) is 0 Å². The van der Waals surface area contributed by atoms with Crippen molar-refractivity contribution in [3.8, 4) is 5.69 Å². The summed E-state index contributed by atoms with van der Waals surface area (Å²) in [4.78, 5) is 12.5. The molecule has 1 aromatic heterocycles. The van der Waals surface area contributed by atoms with Crippen LogP contribution in [-0.4, -0.2) is 4.57 Å². The molecule has 2 aromatic carbocycles. The van der Waals surface area contributed by atoms with E-state index in [0.29, 0.717) is 5.39 Å². The van der Waals surface area contributed by atoms with Gasteiger partial charge in [0.25, 0.3) is 0 Å². The SMILES string of the molecule is Cc1ccc(-n2c(C)cccccc(=O)c3ccccc32)cc1. The smallest absolute Gasteiger partial charge is 0.187 e. The van der Waals surface area contributed by atoms with Crippen LogP contribution in [-0.2, 0) is 0 Å². The highest BCUT2D eigenvalue weighted by atomic mass is 16.1. The largest absolute Gasteiger partial charge is 0.314 e. The lowest BCUT2D eigenvalue weighted by atomic mass is 10.2. The molecule has 0 saturated heterocycles. The fraction of sp³-hybridized carbons (Fsp3) is 0.0952. The Kier molecular flexibility index (Phi) is 4.24. The van der Waals surface area contributed by atoms with E-state index in [1.807, 2.05) is 36.4 Å². The summed E-state index contributed by atoms with van der Waals surface area (Å²) < 4.78 is 2.12. The fourth-order valence-electron chi connectivity index (χ4n) is 2.67. The number of fused-ring (bicyclic) bond motifs is 1. The molecule has 0 radical (unpaired) electrons. The summed E-state index contributed by atoms with van der Waals surface area (Å²) in [7, 11) is 0. The first-order chi connectivity index (χ1) is 11.2. The van der Waals surface area contributed by atoms with E-state index >= 15 is 0 Å². The number of benzene rings is 2. The highest BCUT2D eigenvalue weighted by molar-refractivity contribution is 5.79. The summed E-state index contributed by atoms with van der Waals surface area (Å²) in [5.41, 5.74) is 4.22. The number of hydrogen-bond acceptors (Lipinski definition) is 1. The molecule has 0 spiro atoms. The van der Waals surface area contributed by atoms with E-state index in [9.17, 15) is 4.79 Å². The third-order valence-corrected chi connectivity index (χ3v) is 3.86. The standard InChI is InChI=1S/C21H19NO/c1-16-12-14-18(15-13-16)22-17(2)8-4-3-5-11-21(23)19-9-6-7-10-20(19)22/h3-15H,1-2H3. The van der Waals surface area contributed by atoms with Crippen molar-refractivity contribution in [1.82, 2.24) is 4.57 Å². The first kappa shape index (κ1) is 15.0. The van der Waals surface area contributed by atoms with Crippen molar-refractivity contribution >= 4 is 10.9 Å². The van der Waals surface area contributed by atoms with Crippen molar-refractivity contribution in [2.45, 2.75) is 13.8 Å². The molecule has 2 nitrogen and oxygen atoms in total. The van der Waals surface area contributed by atoms with Gasteiger partial charge >= 0.3 is 0 Å². The molecule has 0 unspecified atom stereocenters. The number of aryl methyl sites for hydroxylation is 2. The normalized spacial score (nSPS) is 10.3. The van der Waals surface area contributed by atoms with Crippen LogP contribution in [0.1, 0.15) is 11.3 Å². The molecule has 114 valence electrons. The Bertz CT molecular complexity index is 951. The van der Waals surface area contributed by atoms with Crippen LogP contribution in [0.4, 0.5) is 0 Å². The molecule has 0 aliphatic carbocycles. The van der Waals surface area contributed by atoms with Crippen LogP contribution in [0, 0.1) is 13.8 Å². The van der Waals surface area contributed by atoms with Crippen molar-refractivity contribution in [3.63, 3.8) is 0 Å². The predicted octanol–water partition coefficient (Wildman–Crippen LogP) is 4.73. The summed E-state index contributed by atoms with van der Waals surface area (Å²) in [6.45, 7) is 4.12. The highest BCUT2D eigenvalue weighted by Gasteiger charge is 2.03. The Morgan fingerprint density at radius 3 is 2.13 bits per heavy atom. The summed E-state index contributed by atoms with van der Waals surface area (Å²) in [6, 6.07) is 25.3. The first-order valence-corrected chi connectivity index (χ1v) is 7.68. The molecule has 0 amide bonds. The molecule has 3 aromatic rings. The number of aromatic nitrogens is 1. The van der Waals surface area contributed by atoms with Gasteiger partial charge in [0.05, 0.1) is 5.52 Å². The van der Waals surface area contributed by atoms with Gasteiger partial charge < -0.3 is 4.57 Å². The zero-order valence-electron chi connectivity index (χ0n) is 13.4. The second-order valence-electron chi connectivity index (χ2n) is 5.60. The Morgan fingerprint density at radius 2 is 1.35 bits per heavy atom. The summed E-state index contributed by atoms with van der Waals surface area (Å²) in [5.74, 6) is 0. The summed E-state index contributed by atoms with van der Waals surface area (Å²) in [6.07, 6.45) is 0. The van der Waals surface area contributed by atoms with Crippen LogP contribution in [0.15, 0.2) is 83.7 Å². The van der Waals surface area contributed by atoms with Gasteiger partial charge in [-0.2, -0.15) is 0 Å². The Labute approximate surface area is 136 Å². The quantitative estimate of drug-likeness (QED) is 0.637. The lowest BCUT2D eigenvalue weighted by Crippen LogP contribution is -2.04. The van der Waals surface area contributed by atoms with Crippen LogP contribution in [0.3, 0.4) is 0 Å². The van der Waals surface area contributed by atoms with Gasteiger partial charge in [-0.25, -0.2) is 0 Å². The molecule has 1 heterocycles. The van der Waals surface area contributed by atoms with E-state index in [1.54, 1.807) is 12.1 Å². The molecule has 3 rings (SSSR count). The van der Waals surface area contributed by atoms with E-state index in [0.717, 1.165) is 16.9 Å². The summed E-state index contributed by atoms with van der Waals surface area (Å²) >= 11 is 0. The van der Waals surface area contributed by atoms with Gasteiger partial charge in [0.1, 0.15) is 0 Å². The second kappa shape index (κ2) is 6.49. The van der Waals surface area contributed by atoms with Crippen molar-refractivity contribution < 1.29 is 0 Å². The fourth-order valence-corrected chi connectivity index (χ4v) is 2.67. The van der Waals surface area contributed by atoms with Crippen LogP contribution in [0.25, 0.3) is 16.6 Å². The van der Waals surface area contributed by atoms with Gasteiger partial charge in [0.15, 0.2) is 5.43 Å². The number of hydrogen-bond donors (Lipinski definition) is 0. The van der Waals surface area contributed by atoms with Crippen LogP contribution < -0.4 is 5.43 Å². The third kappa shape index (κ3) is 3.16. The molecule has 2 heteroatoms. The molecule has 0 saturated carbocycles. The second-order valence-corrected chi connectivity index (χ2v) is 5.60. The number of rotatable bonds is 1. The van der Waals surface area contributed by atoms with Crippen molar-refractivity contribution in [1.29, 1.82) is 0 Å². The first-order valence-electron chi connectivity index (χ1n) is 7.68. The van der Waals surface area contributed by atoms with Crippen molar-refractivity contribution in [2.24, 2.45) is 0 Å². The minimum atomic E-state index is 0.0112. The van der Waals surface area contributed by atoms with Crippen molar-refractivity contribution in [3.05, 3.63) is 100 Å². The lowest BCUT2D eigenvalue weighted by molar-refractivity contribution is 1.03. The molecule has 0 aliphatic rings. The van der Waals surface area contributed by atoms with E-state index in [4.69, 9.17) is 0 Å². The zero-order chi connectivity index (χ0) is 16.2. The molecule has 0 N–H and O–H groups in total. The van der Waals surface area contributed by atoms with Gasteiger partial charge in [-0.1, -0.05) is 48.0 Å². The van der Waals surface area contributed by atoms with Gasteiger partial charge in [-0.15, -0.1) is 0 Å². The Balaban J connectivity index is 2.53. The maximum absolute atomic E-state index is 12.5. The number of nitrogens with zero attached hydrogens (tertiary/aromatic N) is 1. The minimum Gasteiger partial charge on any atom is -0.314 e. The van der Waals surface area contributed by atoms with E-state index in [-0.39, 0.29) is 5.43 Å². The molecule has 0 atom stereocenters. The van der Waals surface area contributed by atoms with E-state index in [2.05, 4.69) is 48.7 Å². The number of para-hydroxylation sites is 1. The molecule has 0 aliphatic heterocycles. The molecular weight excluding hydrogens is 282 g/mol. The molecule has 0 bridgehead atoms. The maximum Gasteiger partial charge on any atom is 0.187 e. The van der Waals surface area contributed by atoms with Crippen LogP contribution >= 0.6 is 0 Å². The van der Waals surface area contributed by atoms with E-state index in [1.165, 1.54) is 5.56 Å². The van der Waals surface area contributed by atoms with Crippen LogP contribution in [0.5, 0.6) is 0 Å². The van der Waals surface area contributed by atoms with Crippen LogP contribution in [0.2, 0.25) is 0 Å². The predicted molar refractivity (Wildman–Crippen MR) is 96.6 cm³/mol. The average molecular weight is 301 g/mol. The van der Waals surface area contributed by atoms with Gasteiger partial charge in [0, 0.05) is 16.8 Å². The molecule has 23 heavy (non-hydrogen) atoms. The van der Waals surface area contributed by atoms with Gasteiger partial charge in [-0.3, -0.25) is 4.79 Å². The minimum absolute atomic E-state index is 0.0112.